The van der Waals surface area contributed by atoms with Crippen molar-refractivity contribution in [1.82, 2.24) is 19.7 Å². The number of esters is 1. The second-order valence-corrected chi connectivity index (χ2v) is 6.07. The molecular formula is C18H18N4O4. The smallest absolute Gasteiger partial charge is 0.344 e. The van der Waals surface area contributed by atoms with Gasteiger partial charge in [0.05, 0.1) is 16.6 Å². The first-order valence-corrected chi connectivity index (χ1v) is 7.99. The van der Waals surface area contributed by atoms with Crippen molar-refractivity contribution in [2.45, 2.75) is 27.4 Å². The molecule has 8 heteroatoms. The van der Waals surface area contributed by atoms with Crippen molar-refractivity contribution in [3.63, 3.8) is 0 Å². The highest BCUT2D eigenvalue weighted by Gasteiger charge is 2.20. The van der Waals surface area contributed by atoms with E-state index >= 15 is 0 Å². The van der Waals surface area contributed by atoms with Crippen molar-refractivity contribution in [1.29, 1.82) is 0 Å². The van der Waals surface area contributed by atoms with Gasteiger partial charge in [-0.3, -0.25) is 9.59 Å². The van der Waals surface area contributed by atoms with Crippen LogP contribution < -0.4 is 11.1 Å². The van der Waals surface area contributed by atoms with E-state index in [0.717, 1.165) is 10.2 Å². The number of aryl methyl sites for hydroxylation is 3. The molecule has 8 nitrogen and oxygen atoms in total. The largest absolute Gasteiger partial charge is 0.454 e. The number of aromatic nitrogens is 4. The number of nitrogens with zero attached hydrogens (tertiary/aromatic N) is 3. The Hall–Kier alpha value is -3.29. The monoisotopic (exact) mass is 354 g/mol. The Labute approximate surface area is 148 Å². The summed E-state index contributed by atoms with van der Waals surface area (Å²) in [7, 11) is 1.47. The summed E-state index contributed by atoms with van der Waals surface area (Å²) in [5.74, 6) is -0.563. The average Bonchev–Trinajstić information content (AvgIpc) is 2.59. The van der Waals surface area contributed by atoms with E-state index in [1.54, 1.807) is 26.0 Å². The lowest BCUT2D eigenvalue weighted by molar-refractivity contribution is 0.0458. The molecule has 0 radical (unpaired) electrons. The number of rotatable bonds is 3. The average molecular weight is 354 g/mol. The van der Waals surface area contributed by atoms with Crippen LogP contribution >= 0.6 is 0 Å². The van der Waals surface area contributed by atoms with Gasteiger partial charge in [0.1, 0.15) is 18.0 Å². The number of benzene rings is 1. The number of aromatic amines is 1. The van der Waals surface area contributed by atoms with Gasteiger partial charge in [-0.1, -0.05) is 12.1 Å². The fraction of sp³-hybridized carbons (Fsp3) is 0.278. The third kappa shape index (κ3) is 3.01. The zero-order valence-corrected chi connectivity index (χ0v) is 14.9. The lowest BCUT2D eigenvalue weighted by Crippen LogP contribution is -2.30. The molecule has 0 bridgehead atoms. The Balaban J connectivity index is 1.92. The van der Waals surface area contributed by atoms with Gasteiger partial charge < -0.3 is 9.72 Å². The van der Waals surface area contributed by atoms with E-state index in [1.807, 2.05) is 13.0 Å². The van der Waals surface area contributed by atoms with Crippen molar-refractivity contribution >= 4 is 16.9 Å². The molecule has 0 aliphatic rings. The molecule has 134 valence electrons. The number of nitrogens with one attached hydrogen (secondary N) is 1. The number of carbonyl (C=O) groups excluding carboxylic acids is 1. The summed E-state index contributed by atoms with van der Waals surface area (Å²) >= 11 is 0. The maximum Gasteiger partial charge on any atom is 0.344 e. The van der Waals surface area contributed by atoms with E-state index in [4.69, 9.17) is 4.74 Å². The molecular weight excluding hydrogens is 336 g/mol. The normalized spacial score (nSPS) is 10.9. The van der Waals surface area contributed by atoms with Crippen LogP contribution in [0.5, 0.6) is 0 Å². The fourth-order valence-corrected chi connectivity index (χ4v) is 2.72. The fourth-order valence-electron chi connectivity index (χ4n) is 2.72. The van der Waals surface area contributed by atoms with Gasteiger partial charge in [-0.25, -0.2) is 14.5 Å². The first-order valence-electron chi connectivity index (χ1n) is 7.99. The van der Waals surface area contributed by atoms with Crippen molar-refractivity contribution in [2.75, 3.05) is 0 Å². The van der Waals surface area contributed by atoms with Gasteiger partial charge in [0.15, 0.2) is 0 Å². The molecule has 0 saturated carbocycles. The number of fused-ring (bicyclic) bond motifs is 1. The van der Waals surface area contributed by atoms with Gasteiger partial charge >= 0.3 is 5.97 Å². The molecule has 1 N–H and O–H groups in total. The topological polar surface area (TPSA) is 107 Å². The number of hydrogen-bond donors (Lipinski definition) is 1. The van der Waals surface area contributed by atoms with Crippen LogP contribution in [0.15, 0.2) is 27.8 Å². The third-order valence-corrected chi connectivity index (χ3v) is 4.26. The van der Waals surface area contributed by atoms with Crippen LogP contribution in [0.1, 0.15) is 33.0 Å². The molecule has 0 amide bonds. The highest BCUT2D eigenvalue weighted by molar-refractivity contribution is 5.90. The van der Waals surface area contributed by atoms with Crippen LogP contribution in [0.3, 0.4) is 0 Å². The minimum Gasteiger partial charge on any atom is -0.454 e. The third-order valence-electron chi connectivity index (χ3n) is 4.26. The molecule has 0 spiro atoms. The first kappa shape index (κ1) is 17.5. The van der Waals surface area contributed by atoms with Crippen LogP contribution in [-0.4, -0.2) is 25.7 Å². The quantitative estimate of drug-likeness (QED) is 0.711. The number of carbonyl (C=O) groups is 1. The van der Waals surface area contributed by atoms with Gasteiger partial charge in [0.2, 0.25) is 0 Å². The van der Waals surface area contributed by atoms with E-state index in [1.165, 1.54) is 7.05 Å². The molecule has 2 aromatic heterocycles. The summed E-state index contributed by atoms with van der Waals surface area (Å²) in [6, 6.07) is 5.30. The summed E-state index contributed by atoms with van der Waals surface area (Å²) in [6.07, 6.45) is 0. The lowest BCUT2D eigenvalue weighted by atomic mass is 10.1. The van der Waals surface area contributed by atoms with E-state index in [2.05, 4.69) is 15.1 Å². The number of para-hydroxylation sites is 1. The summed E-state index contributed by atoms with van der Waals surface area (Å²) in [5.41, 5.74) is 1.51. The zero-order chi connectivity index (χ0) is 19.0. The highest BCUT2D eigenvalue weighted by Crippen LogP contribution is 2.13. The van der Waals surface area contributed by atoms with Gasteiger partial charge in [-0.05, 0) is 38.0 Å². The Morgan fingerprint density at radius 2 is 1.96 bits per heavy atom. The Bertz CT molecular complexity index is 1140. The molecule has 2 heterocycles. The minimum atomic E-state index is -0.777. The predicted octanol–water partition coefficient (Wildman–Crippen LogP) is 1.30. The second-order valence-electron chi connectivity index (χ2n) is 6.07. The molecule has 0 atom stereocenters. The maximum atomic E-state index is 12.4. The van der Waals surface area contributed by atoms with Crippen molar-refractivity contribution in [2.24, 2.45) is 7.05 Å². The Morgan fingerprint density at radius 1 is 1.23 bits per heavy atom. The van der Waals surface area contributed by atoms with Crippen LogP contribution in [0.25, 0.3) is 10.9 Å². The number of H-pyrrole nitrogens is 1. The van der Waals surface area contributed by atoms with E-state index in [9.17, 15) is 14.4 Å². The predicted molar refractivity (Wildman–Crippen MR) is 95.2 cm³/mol. The van der Waals surface area contributed by atoms with Crippen LogP contribution in [0.2, 0.25) is 0 Å². The highest BCUT2D eigenvalue weighted by atomic mass is 16.5. The van der Waals surface area contributed by atoms with Crippen molar-refractivity contribution < 1.29 is 9.53 Å². The minimum absolute atomic E-state index is 0.0701. The number of hydrogen-bond acceptors (Lipinski definition) is 6. The van der Waals surface area contributed by atoms with E-state index in [-0.39, 0.29) is 23.6 Å². The molecule has 3 rings (SSSR count). The summed E-state index contributed by atoms with van der Waals surface area (Å²) < 4.78 is 6.31. The van der Waals surface area contributed by atoms with Crippen LogP contribution in [-0.2, 0) is 18.4 Å². The van der Waals surface area contributed by atoms with Gasteiger partial charge in [-0.15, -0.1) is 0 Å². The Kier molecular flexibility index (Phi) is 4.41. The van der Waals surface area contributed by atoms with Crippen LogP contribution in [0, 0.1) is 20.8 Å². The summed E-state index contributed by atoms with van der Waals surface area (Å²) in [5, 5.41) is 4.49. The van der Waals surface area contributed by atoms with Crippen LogP contribution in [0.4, 0.5) is 0 Å². The SMILES string of the molecule is Cc1nn(C)c(=O)c(C(=O)OCc2nc3c(C)cccc3c(=O)[nH]2)c1C. The molecule has 0 aliphatic carbocycles. The Morgan fingerprint density at radius 3 is 2.69 bits per heavy atom. The standard InChI is InChI=1S/C18H18N4O4/c1-9-6-5-7-12-15(9)19-13(20-16(12)23)8-26-18(25)14-10(2)11(3)21-22(4)17(14)24/h5-7H,8H2,1-4H3,(H,19,20,23). The van der Waals surface area contributed by atoms with Crippen molar-refractivity contribution in [3.05, 3.63) is 67.1 Å². The van der Waals surface area contributed by atoms with E-state index in [0.29, 0.717) is 22.2 Å². The molecule has 3 aromatic rings. The molecule has 0 fully saturated rings. The van der Waals surface area contributed by atoms with Crippen molar-refractivity contribution in [3.8, 4) is 0 Å². The first-order chi connectivity index (χ1) is 12.3. The molecule has 26 heavy (non-hydrogen) atoms. The van der Waals surface area contributed by atoms with Gasteiger partial charge in [0, 0.05) is 7.05 Å². The van der Waals surface area contributed by atoms with E-state index < -0.39 is 11.5 Å². The molecule has 0 unspecified atom stereocenters. The number of ether oxygens (including phenoxy) is 1. The molecule has 0 aliphatic heterocycles. The second kappa shape index (κ2) is 6.55. The zero-order valence-electron chi connectivity index (χ0n) is 14.9. The molecule has 0 saturated heterocycles. The molecule has 1 aromatic carbocycles. The van der Waals surface area contributed by atoms with Gasteiger partial charge in [0.25, 0.3) is 11.1 Å². The summed E-state index contributed by atoms with van der Waals surface area (Å²) in [4.78, 5) is 43.7. The lowest BCUT2D eigenvalue weighted by Gasteiger charge is -2.10. The maximum absolute atomic E-state index is 12.4. The summed E-state index contributed by atoms with van der Waals surface area (Å²) in [6.45, 7) is 4.94. The van der Waals surface area contributed by atoms with Gasteiger partial charge in [-0.2, -0.15) is 5.10 Å².